The molecule has 0 fully saturated rings. The number of hydrogen-bond acceptors (Lipinski definition) is 4. The van der Waals surface area contributed by atoms with Gasteiger partial charge in [0.15, 0.2) is 0 Å². The van der Waals surface area contributed by atoms with Crippen LogP contribution in [0.15, 0.2) is 0 Å². The zero-order chi connectivity index (χ0) is 13.9. The molecule has 0 aliphatic rings. The quantitative estimate of drug-likeness (QED) is 0.608. The van der Waals surface area contributed by atoms with Crippen LogP contribution >= 0.6 is 11.5 Å². The minimum atomic E-state index is 0.469. The molecular formula is C15H29N3S. The summed E-state index contributed by atoms with van der Waals surface area (Å²) in [5.74, 6) is 0. The molecule has 3 nitrogen and oxygen atoms in total. The first kappa shape index (κ1) is 16.6. The molecule has 1 unspecified atom stereocenters. The molecule has 1 aromatic rings. The highest BCUT2D eigenvalue weighted by Crippen LogP contribution is 2.26. The van der Waals surface area contributed by atoms with Gasteiger partial charge in [0, 0.05) is 6.04 Å². The number of rotatable bonds is 11. The van der Waals surface area contributed by atoms with E-state index in [0.717, 1.165) is 13.0 Å². The van der Waals surface area contributed by atoms with E-state index in [1.54, 1.807) is 11.5 Å². The molecule has 1 heterocycles. The van der Waals surface area contributed by atoms with E-state index < -0.39 is 0 Å². The van der Waals surface area contributed by atoms with Crippen LogP contribution in [-0.4, -0.2) is 16.1 Å². The molecule has 4 heteroatoms. The molecule has 0 spiro atoms. The molecule has 1 atom stereocenters. The van der Waals surface area contributed by atoms with Crippen LogP contribution in [0.25, 0.3) is 0 Å². The van der Waals surface area contributed by atoms with E-state index in [1.807, 2.05) is 0 Å². The molecule has 0 amide bonds. The van der Waals surface area contributed by atoms with Gasteiger partial charge in [0.2, 0.25) is 0 Å². The maximum atomic E-state index is 4.25. The summed E-state index contributed by atoms with van der Waals surface area (Å²) < 4.78 is 4.13. The molecule has 0 bridgehead atoms. The normalized spacial score (nSPS) is 12.8. The number of aromatic nitrogens is 2. The SMILES string of the molecule is CCCCCCCC(NCCC)c1snnc1CC. The summed E-state index contributed by atoms with van der Waals surface area (Å²) in [7, 11) is 0. The van der Waals surface area contributed by atoms with Gasteiger partial charge in [-0.05, 0) is 37.3 Å². The topological polar surface area (TPSA) is 37.8 Å². The Bertz CT molecular complexity index is 325. The Morgan fingerprint density at radius 2 is 1.84 bits per heavy atom. The van der Waals surface area contributed by atoms with Gasteiger partial charge in [0.1, 0.15) is 0 Å². The van der Waals surface area contributed by atoms with Crippen LogP contribution in [0.3, 0.4) is 0 Å². The monoisotopic (exact) mass is 283 g/mol. The fourth-order valence-electron chi connectivity index (χ4n) is 2.32. The van der Waals surface area contributed by atoms with E-state index in [2.05, 4.69) is 35.7 Å². The van der Waals surface area contributed by atoms with Crippen molar-refractivity contribution < 1.29 is 0 Å². The van der Waals surface area contributed by atoms with Crippen molar-refractivity contribution >= 4 is 11.5 Å². The van der Waals surface area contributed by atoms with Crippen molar-refractivity contribution in [1.82, 2.24) is 14.9 Å². The second kappa shape index (κ2) is 10.3. The number of nitrogens with one attached hydrogen (secondary N) is 1. The lowest BCUT2D eigenvalue weighted by Gasteiger charge is -2.17. The molecule has 110 valence electrons. The molecule has 0 aliphatic carbocycles. The molecule has 1 N–H and O–H groups in total. The minimum absolute atomic E-state index is 0.469. The van der Waals surface area contributed by atoms with Crippen LogP contribution in [0, 0.1) is 0 Å². The third kappa shape index (κ3) is 6.00. The van der Waals surface area contributed by atoms with Crippen LogP contribution in [0.5, 0.6) is 0 Å². The van der Waals surface area contributed by atoms with Gasteiger partial charge in [-0.3, -0.25) is 0 Å². The van der Waals surface area contributed by atoms with Gasteiger partial charge in [-0.2, -0.15) is 0 Å². The van der Waals surface area contributed by atoms with Crippen molar-refractivity contribution in [3.05, 3.63) is 10.6 Å². The van der Waals surface area contributed by atoms with Crippen LogP contribution in [-0.2, 0) is 6.42 Å². The second-order valence-electron chi connectivity index (χ2n) is 5.15. The summed E-state index contributed by atoms with van der Waals surface area (Å²) >= 11 is 1.58. The number of unbranched alkanes of at least 4 members (excludes halogenated alkanes) is 4. The molecule has 19 heavy (non-hydrogen) atoms. The highest BCUT2D eigenvalue weighted by atomic mass is 32.1. The zero-order valence-corrected chi connectivity index (χ0v) is 13.6. The fourth-order valence-corrected chi connectivity index (χ4v) is 3.17. The van der Waals surface area contributed by atoms with E-state index in [9.17, 15) is 0 Å². The van der Waals surface area contributed by atoms with Crippen molar-refractivity contribution in [2.45, 2.75) is 78.2 Å². The lowest BCUT2D eigenvalue weighted by Crippen LogP contribution is -2.22. The molecule has 1 rings (SSSR count). The van der Waals surface area contributed by atoms with Crippen LogP contribution in [0.1, 0.15) is 82.3 Å². The first-order valence-electron chi connectivity index (χ1n) is 7.87. The van der Waals surface area contributed by atoms with Gasteiger partial charge in [-0.1, -0.05) is 57.4 Å². The highest BCUT2D eigenvalue weighted by Gasteiger charge is 2.17. The lowest BCUT2D eigenvalue weighted by molar-refractivity contribution is 0.470. The average molecular weight is 283 g/mol. The zero-order valence-electron chi connectivity index (χ0n) is 12.7. The summed E-state index contributed by atoms with van der Waals surface area (Å²) in [6, 6.07) is 0.469. The first-order chi connectivity index (χ1) is 9.33. The summed E-state index contributed by atoms with van der Waals surface area (Å²) in [4.78, 5) is 1.37. The first-order valence-corrected chi connectivity index (χ1v) is 8.65. The molecule has 0 aromatic carbocycles. The Labute approximate surface area is 122 Å². The second-order valence-corrected chi connectivity index (χ2v) is 5.93. The predicted octanol–water partition coefficient (Wildman–Crippen LogP) is 4.50. The Balaban J connectivity index is 2.47. The summed E-state index contributed by atoms with van der Waals surface area (Å²) in [6.07, 6.45) is 10.1. The molecule has 0 saturated heterocycles. The summed E-state index contributed by atoms with van der Waals surface area (Å²) in [6.45, 7) is 7.73. The smallest absolute Gasteiger partial charge is 0.0800 e. The third-order valence-corrected chi connectivity index (χ3v) is 4.35. The lowest BCUT2D eigenvalue weighted by atomic mass is 10.0. The van der Waals surface area contributed by atoms with Crippen molar-refractivity contribution in [2.75, 3.05) is 6.54 Å². The van der Waals surface area contributed by atoms with Gasteiger partial charge >= 0.3 is 0 Å². The van der Waals surface area contributed by atoms with Crippen LogP contribution in [0.2, 0.25) is 0 Å². The van der Waals surface area contributed by atoms with Crippen molar-refractivity contribution in [3.8, 4) is 0 Å². The van der Waals surface area contributed by atoms with Crippen molar-refractivity contribution in [3.63, 3.8) is 0 Å². The Morgan fingerprint density at radius 3 is 2.53 bits per heavy atom. The standard InChI is InChI=1S/C15H29N3S/c1-4-7-8-9-10-11-14(16-12-5-2)15-13(6-3)17-18-19-15/h14,16H,4-12H2,1-3H3. The fraction of sp³-hybridized carbons (Fsp3) is 0.867. The van der Waals surface area contributed by atoms with Gasteiger partial charge in [-0.25, -0.2) is 0 Å². The van der Waals surface area contributed by atoms with E-state index in [-0.39, 0.29) is 0 Å². The van der Waals surface area contributed by atoms with Crippen LogP contribution in [0.4, 0.5) is 0 Å². The van der Waals surface area contributed by atoms with Gasteiger partial charge in [0.25, 0.3) is 0 Å². The number of aryl methyl sites for hydroxylation is 1. The Morgan fingerprint density at radius 1 is 1.05 bits per heavy atom. The molecule has 1 aromatic heterocycles. The average Bonchev–Trinajstić information content (AvgIpc) is 2.90. The van der Waals surface area contributed by atoms with E-state index in [0.29, 0.717) is 6.04 Å². The van der Waals surface area contributed by atoms with E-state index >= 15 is 0 Å². The van der Waals surface area contributed by atoms with Gasteiger partial charge in [0.05, 0.1) is 10.6 Å². The Kier molecular flexibility index (Phi) is 9.01. The van der Waals surface area contributed by atoms with Gasteiger partial charge in [-0.15, -0.1) is 5.10 Å². The minimum Gasteiger partial charge on any atom is -0.309 e. The highest BCUT2D eigenvalue weighted by molar-refractivity contribution is 7.05. The third-order valence-electron chi connectivity index (χ3n) is 3.47. The molecule has 0 aliphatic heterocycles. The van der Waals surface area contributed by atoms with Crippen molar-refractivity contribution in [2.24, 2.45) is 0 Å². The molecule has 0 radical (unpaired) electrons. The predicted molar refractivity (Wildman–Crippen MR) is 83.7 cm³/mol. The maximum Gasteiger partial charge on any atom is 0.0800 e. The van der Waals surface area contributed by atoms with Crippen LogP contribution < -0.4 is 5.32 Å². The van der Waals surface area contributed by atoms with E-state index in [4.69, 9.17) is 0 Å². The van der Waals surface area contributed by atoms with E-state index in [1.165, 1.54) is 55.5 Å². The summed E-state index contributed by atoms with van der Waals surface area (Å²) in [5, 5.41) is 7.92. The number of nitrogens with zero attached hydrogens (tertiary/aromatic N) is 2. The molecular weight excluding hydrogens is 254 g/mol. The number of hydrogen-bond donors (Lipinski definition) is 1. The Hall–Kier alpha value is -0.480. The summed E-state index contributed by atoms with van der Waals surface area (Å²) in [5.41, 5.74) is 1.19. The van der Waals surface area contributed by atoms with Gasteiger partial charge < -0.3 is 5.32 Å². The molecule has 0 saturated carbocycles. The maximum absolute atomic E-state index is 4.25. The van der Waals surface area contributed by atoms with Crippen molar-refractivity contribution in [1.29, 1.82) is 0 Å². The largest absolute Gasteiger partial charge is 0.309 e.